The van der Waals surface area contributed by atoms with Crippen molar-refractivity contribution < 1.29 is 0 Å². The Morgan fingerprint density at radius 2 is 1.83 bits per heavy atom. The second-order valence-electron chi connectivity index (χ2n) is 6.17. The lowest BCUT2D eigenvalue weighted by Crippen LogP contribution is -2.60. The van der Waals surface area contributed by atoms with Gasteiger partial charge in [-0.15, -0.1) is 0 Å². The summed E-state index contributed by atoms with van der Waals surface area (Å²) >= 11 is 0. The monoisotopic (exact) mass is 304 g/mol. The number of para-hydroxylation sites is 1. The first-order chi connectivity index (χ1) is 11.2. The average molecular weight is 304 g/mol. The molecule has 0 saturated carbocycles. The Morgan fingerprint density at radius 3 is 2.48 bits per heavy atom. The zero-order chi connectivity index (χ0) is 15.8. The first-order valence-electron chi connectivity index (χ1n) is 7.50. The minimum Gasteiger partial charge on any atom is -0.245 e. The van der Waals surface area contributed by atoms with E-state index in [0.29, 0.717) is 5.69 Å². The van der Waals surface area contributed by atoms with Crippen molar-refractivity contribution in [2.45, 2.75) is 11.6 Å². The van der Waals surface area contributed by atoms with Gasteiger partial charge in [0.15, 0.2) is 5.54 Å². The van der Waals surface area contributed by atoms with Crippen molar-refractivity contribution >= 4 is 0 Å². The molecule has 4 aliphatic rings. The van der Waals surface area contributed by atoms with Crippen LogP contribution in [0.25, 0.3) is 5.69 Å². The van der Waals surface area contributed by atoms with Crippen molar-refractivity contribution in [3.8, 4) is 11.8 Å². The first kappa shape index (κ1) is 12.5. The van der Waals surface area contributed by atoms with Crippen molar-refractivity contribution in [3.05, 3.63) is 75.6 Å². The molecule has 2 aliphatic carbocycles. The summed E-state index contributed by atoms with van der Waals surface area (Å²) in [6.45, 7) is 0. The lowest BCUT2D eigenvalue weighted by Gasteiger charge is -2.51. The van der Waals surface area contributed by atoms with Crippen molar-refractivity contribution in [2.75, 3.05) is 0 Å². The Labute approximate surface area is 130 Å². The molecule has 1 aromatic heterocycles. The molecule has 0 fully saturated rings. The molecule has 0 radical (unpaired) electrons. The van der Waals surface area contributed by atoms with E-state index in [0.717, 1.165) is 4.57 Å². The maximum Gasteiger partial charge on any atom is 0.353 e. The molecule has 6 rings (SSSR count). The summed E-state index contributed by atoms with van der Waals surface area (Å²) in [7, 11) is 0. The van der Waals surface area contributed by atoms with Crippen LogP contribution in [0.4, 0.5) is 0 Å². The summed E-state index contributed by atoms with van der Waals surface area (Å²) in [6, 6.07) is 10.9. The first-order valence-corrected chi connectivity index (χ1v) is 7.50. The number of rotatable bonds is 1. The fourth-order valence-corrected chi connectivity index (χ4v) is 4.07. The second-order valence-corrected chi connectivity index (χ2v) is 6.17. The normalized spacial score (nSPS) is 32.0. The van der Waals surface area contributed by atoms with Gasteiger partial charge >= 0.3 is 11.4 Å². The summed E-state index contributed by atoms with van der Waals surface area (Å²) in [5, 5.41) is 9.81. The van der Waals surface area contributed by atoms with E-state index in [9.17, 15) is 14.9 Å². The van der Waals surface area contributed by atoms with E-state index in [1.54, 1.807) is 30.3 Å². The lowest BCUT2D eigenvalue weighted by molar-refractivity contribution is 0.0921. The number of nitriles is 1. The van der Waals surface area contributed by atoms with Gasteiger partial charge in [-0.1, -0.05) is 36.4 Å². The number of aromatic nitrogens is 3. The summed E-state index contributed by atoms with van der Waals surface area (Å²) in [5.74, 6) is 0.0506. The fourth-order valence-electron chi connectivity index (χ4n) is 4.07. The van der Waals surface area contributed by atoms with Crippen LogP contribution in [0.3, 0.4) is 0 Å². The van der Waals surface area contributed by atoms with E-state index in [2.05, 4.69) is 6.07 Å². The molecule has 0 unspecified atom stereocenters. The summed E-state index contributed by atoms with van der Waals surface area (Å²) < 4.78 is 3.94. The Morgan fingerprint density at radius 1 is 1.04 bits per heavy atom. The number of allylic oxidation sites excluding steroid dienone is 4. The standard InChI is InChI=1S/C17H12N4O2/c18-10-17-9-8-14(12-6-7-13(12)17)20-15(22)19(16(23)21(17)20)11-4-2-1-3-5-11/h1-9,12-14H/t12-,13-,14-,17+/m0/s1. The molecule has 6 nitrogen and oxygen atoms in total. The molecule has 0 saturated heterocycles. The zero-order valence-electron chi connectivity index (χ0n) is 12.0. The van der Waals surface area contributed by atoms with E-state index >= 15 is 0 Å². The molecule has 4 atom stereocenters. The predicted molar refractivity (Wildman–Crippen MR) is 82.2 cm³/mol. The van der Waals surface area contributed by atoms with Crippen molar-refractivity contribution in [2.24, 2.45) is 11.8 Å². The van der Waals surface area contributed by atoms with Gasteiger partial charge < -0.3 is 0 Å². The quantitative estimate of drug-likeness (QED) is 0.736. The smallest absolute Gasteiger partial charge is 0.245 e. The van der Waals surface area contributed by atoms with Gasteiger partial charge in [-0.25, -0.2) is 23.5 Å². The Kier molecular flexibility index (Phi) is 2.07. The van der Waals surface area contributed by atoms with Gasteiger partial charge in [0.25, 0.3) is 0 Å². The molecule has 112 valence electrons. The number of nitrogens with zero attached hydrogens (tertiary/aromatic N) is 4. The van der Waals surface area contributed by atoms with E-state index in [1.165, 1.54) is 9.36 Å². The molecular weight excluding hydrogens is 292 g/mol. The van der Waals surface area contributed by atoms with E-state index < -0.39 is 16.9 Å². The van der Waals surface area contributed by atoms with Gasteiger partial charge in [-0.2, -0.15) is 5.26 Å². The number of hydrogen-bond donors (Lipinski definition) is 0. The van der Waals surface area contributed by atoms with Crippen LogP contribution in [0.15, 0.2) is 64.2 Å². The Hall–Kier alpha value is -3.07. The number of hydrogen-bond acceptors (Lipinski definition) is 3. The lowest BCUT2D eigenvalue weighted by atomic mass is 9.62. The third kappa shape index (κ3) is 1.21. The third-order valence-corrected chi connectivity index (χ3v) is 5.21. The van der Waals surface area contributed by atoms with Gasteiger partial charge in [0.2, 0.25) is 0 Å². The molecule has 0 spiro atoms. The van der Waals surface area contributed by atoms with Crippen LogP contribution in [0, 0.1) is 23.2 Å². The van der Waals surface area contributed by atoms with Crippen molar-refractivity contribution in [3.63, 3.8) is 0 Å². The van der Waals surface area contributed by atoms with Crippen LogP contribution < -0.4 is 11.4 Å². The Bertz CT molecular complexity index is 1050. The number of benzene rings is 1. The summed E-state index contributed by atoms with van der Waals surface area (Å²) in [6.07, 6.45) is 7.64. The van der Waals surface area contributed by atoms with Crippen LogP contribution in [0.2, 0.25) is 0 Å². The largest absolute Gasteiger partial charge is 0.353 e. The maximum absolute atomic E-state index is 13.0. The van der Waals surface area contributed by atoms with Gasteiger partial charge in [0.05, 0.1) is 17.8 Å². The topological polar surface area (TPSA) is 72.7 Å². The van der Waals surface area contributed by atoms with Gasteiger partial charge in [-0.3, -0.25) is 0 Å². The van der Waals surface area contributed by atoms with Crippen molar-refractivity contribution in [1.82, 2.24) is 13.9 Å². The highest BCUT2D eigenvalue weighted by atomic mass is 16.2. The third-order valence-electron chi connectivity index (χ3n) is 5.21. The van der Waals surface area contributed by atoms with Crippen molar-refractivity contribution in [1.29, 1.82) is 5.26 Å². The zero-order valence-corrected chi connectivity index (χ0v) is 12.0. The van der Waals surface area contributed by atoms with Crippen LogP contribution in [0.1, 0.15) is 6.04 Å². The molecule has 1 aromatic carbocycles. The molecule has 6 heteroatoms. The van der Waals surface area contributed by atoms with Crippen LogP contribution >= 0.6 is 0 Å². The van der Waals surface area contributed by atoms with Gasteiger partial charge in [0, 0.05) is 11.8 Å². The van der Waals surface area contributed by atoms with Crippen LogP contribution in [-0.2, 0) is 5.54 Å². The molecule has 2 aromatic rings. The summed E-state index contributed by atoms with van der Waals surface area (Å²) in [4.78, 5) is 25.9. The fraction of sp³-hybridized carbons (Fsp3) is 0.235. The molecule has 0 N–H and O–H groups in total. The average Bonchev–Trinajstić information content (AvgIpc) is 2.81. The van der Waals surface area contributed by atoms with E-state index in [4.69, 9.17) is 0 Å². The van der Waals surface area contributed by atoms with E-state index in [1.807, 2.05) is 24.3 Å². The predicted octanol–water partition coefficient (Wildman–Crippen LogP) is 0.946. The molecule has 3 heterocycles. The molecular formula is C17H12N4O2. The molecule has 2 aliphatic heterocycles. The van der Waals surface area contributed by atoms with Gasteiger partial charge in [-0.05, 0) is 18.2 Å². The van der Waals surface area contributed by atoms with Gasteiger partial charge in [0.1, 0.15) is 0 Å². The molecule has 0 amide bonds. The molecule has 2 bridgehead atoms. The highest BCUT2D eigenvalue weighted by molar-refractivity contribution is 5.39. The second kappa shape index (κ2) is 3.82. The molecule has 23 heavy (non-hydrogen) atoms. The minimum atomic E-state index is -1.11. The van der Waals surface area contributed by atoms with Crippen LogP contribution in [0.5, 0.6) is 0 Å². The summed E-state index contributed by atoms with van der Waals surface area (Å²) in [5.41, 5.74) is -1.45. The Balaban J connectivity index is 1.89. The maximum atomic E-state index is 13.0. The minimum absolute atomic E-state index is 0.0498. The highest BCUT2D eigenvalue weighted by Crippen LogP contribution is 2.52. The van der Waals surface area contributed by atoms with E-state index in [-0.39, 0.29) is 17.9 Å². The van der Waals surface area contributed by atoms with Crippen LogP contribution in [-0.4, -0.2) is 13.9 Å². The SMILES string of the molecule is N#C[C@]12C=C[C@@H]([C@H]3C=C[C@@H]31)n1c(=O)n(-c3ccccc3)c(=O)n12. The highest BCUT2D eigenvalue weighted by Gasteiger charge is 2.57.